The summed E-state index contributed by atoms with van der Waals surface area (Å²) in [6, 6.07) is 11.6. The van der Waals surface area contributed by atoms with Gasteiger partial charge in [0.1, 0.15) is 18.5 Å². The summed E-state index contributed by atoms with van der Waals surface area (Å²) >= 11 is 6.17. The Labute approximate surface area is 118 Å². The maximum Gasteiger partial charge on any atom is 0.127 e. The zero-order valence-electron chi connectivity index (χ0n) is 10.9. The second-order valence-corrected chi connectivity index (χ2v) is 4.62. The lowest BCUT2D eigenvalue weighted by Gasteiger charge is -2.17. The van der Waals surface area contributed by atoms with Gasteiger partial charge in [-0.05, 0) is 19.1 Å². The molecule has 0 amide bonds. The largest absolute Gasteiger partial charge is 0.490 e. The molecule has 0 bridgehead atoms. The minimum Gasteiger partial charge on any atom is -0.490 e. The summed E-state index contributed by atoms with van der Waals surface area (Å²) in [5, 5.41) is 2.72. The van der Waals surface area contributed by atoms with Gasteiger partial charge in [-0.3, -0.25) is 0 Å². The number of fused-ring (bicyclic) bond motifs is 1. The first-order valence-corrected chi connectivity index (χ1v) is 6.75. The van der Waals surface area contributed by atoms with Crippen molar-refractivity contribution in [3.63, 3.8) is 0 Å². The molecule has 4 heteroatoms. The molecule has 0 aliphatic heterocycles. The first-order chi connectivity index (χ1) is 9.26. The van der Waals surface area contributed by atoms with Crippen LogP contribution in [-0.2, 0) is 4.74 Å². The topological polar surface area (TPSA) is 44.5 Å². The van der Waals surface area contributed by atoms with Crippen molar-refractivity contribution >= 4 is 22.4 Å². The van der Waals surface area contributed by atoms with Crippen molar-refractivity contribution in [2.75, 3.05) is 19.8 Å². The van der Waals surface area contributed by atoms with Gasteiger partial charge >= 0.3 is 0 Å². The third kappa shape index (κ3) is 3.38. The van der Waals surface area contributed by atoms with Gasteiger partial charge < -0.3 is 15.2 Å². The Balaban J connectivity index is 2.19. The Morgan fingerprint density at radius 1 is 1.16 bits per heavy atom. The Morgan fingerprint density at radius 3 is 2.58 bits per heavy atom. The van der Waals surface area contributed by atoms with Crippen LogP contribution in [0.2, 0.25) is 5.02 Å². The van der Waals surface area contributed by atoms with Crippen molar-refractivity contribution in [2.45, 2.75) is 13.0 Å². The number of ether oxygens (including phenoxy) is 2. The second-order valence-electron chi connectivity index (χ2n) is 4.22. The molecule has 102 valence electrons. The molecule has 1 unspecified atom stereocenters. The van der Waals surface area contributed by atoms with E-state index in [1.807, 2.05) is 43.3 Å². The summed E-state index contributed by atoms with van der Waals surface area (Å²) in [7, 11) is 0. The standard InChI is InChI=1S/C15H18ClNO2/c1-2-18-11(9-17)10-19-15-8-7-14(16)12-5-3-4-6-13(12)15/h3-8,11H,2,9-10,17H2,1H3. The molecule has 0 spiro atoms. The van der Waals surface area contributed by atoms with Gasteiger partial charge in [0.2, 0.25) is 0 Å². The Kier molecular flexibility index (Phi) is 5.02. The van der Waals surface area contributed by atoms with E-state index in [9.17, 15) is 0 Å². The van der Waals surface area contributed by atoms with Gasteiger partial charge in [-0.2, -0.15) is 0 Å². The molecule has 0 radical (unpaired) electrons. The fourth-order valence-corrected chi connectivity index (χ4v) is 2.19. The average Bonchev–Trinajstić information content (AvgIpc) is 2.45. The summed E-state index contributed by atoms with van der Waals surface area (Å²) in [5.41, 5.74) is 5.63. The van der Waals surface area contributed by atoms with E-state index in [1.54, 1.807) is 0 Å². The molecule has 2 N–H and O–H groups in total. The van der Waals surface area contributed by atoms with Crippen molar-refractivity contribution in [3.8, 4) is 5.75 Å². The van der Waals surface area contributed by atoms with Crippen molar-refractivity contribution < 1.29 is 9.47 Å². The van der Waals surface area contributed by atoms with Gasteiger partial charge in [-0.25, -0.2) is 0 Å². The molecule has 3 nitrogen and oxygen atoms in total. The van der Waals surface area contributed by atoms with Crippen LogP contribution in [0.1, 0.15) is 6.92 Å². The number of hydrogen-bond donors (Lipinski definition) is 1. The second kappa shape index (κ2) is 6.75. The summed E-state index contributed by atoms with van der Waals surface area (Å²) in [4.78, 5) is 0. The van der Waals surface area contributed by atoms with Crippen LogP contribution >= 0.6 is 11.6 Å². The number of rotatable bonds is 6. The lowest BCUT2D eigenvalue weighted by Crippen LogP contribution is -2.30. The van der Waals surface area contributed by atoms with E-state index in [-0.39, 0.29) is 6.10 Å². The van der Waals surface area contributed by atoms with E-state index in [0.717, 1.165) is 21.5 Å². The molecule has 0 fully saturated rings. The van der Waals surface area contributed by atoms with Crippen LogP contribution in [0.25, 0.3) is 10.8 Å². The van der Waals surface area contributed by atoms with Gasteiger partial charge in [-0.15, -0.1) is 0 Å². The SMILES string of the molecule is CCOC(CN)COc1ccc(Cl)c2ccccc12. The molecule has 19 heavy (non-hydrogen) atoms. The normalized spacial score (nSPS) is 12.6. The number of halogens is 1. The van der Waals surface area contributed by atoms with Gasteiger partial charge in [0, 0.05) is 28.9 Å². The lowest BCUT2D eigenvalue weighted by atomic mass is 10.1. The van der Waals surface area contributed by atoms with Crippen LogP contribution < -0.4 is 10.5 Å². The third-order valence-electron chi connectivity index (χ3n) is 2.92. The van der Waals surface area contributed by atoms with Crippen LogP contribution in [0.3, 0.4) is 0 Å². The first-order valence-electron chi connectivity index (χ1n) is 6.38. The van der Waals surface area contributed by atoms with E-state index in [4.69, 9.17) is 26.8 Å². The maximum absolute atomic E-state index is 6.17. The van der Waals surface area contributed by atoms with Crippen molar-refractivity contribution in [2.24, 2.45) is 5.73 Å². The third-order valence-corrected chi connectivity index (χ3v) is 3.25. The quantitative estimate of drug-likeness (QED) is 0.883. The first kappa shape index (κ1) is 14.1. The van der Waals surface area contributed by atoms with Crippen molar-refractivity contribution in [3.05, 3.63) is 41.4 Å². The zero-order chi connectivity index (χ0) is 13.7. The number of hydrogen-bond acceptors (Lipinski definition) is 3. The van der Waals surface area contributed by atoms with Crippen LogP contribution in [0, 0.1) is 0 Å². The fourth-order valence-electron chi connectivity index (χ4n) is 1.96. The Bertz CT molecular complexity index is 545. The fraction of sp³-hybridized carbons (Fsp3) is 0.333. The van der Waals surface area contributed by atoms with Crippen molar-refractivity contribution in [1.29, 1.82) is 0 Å². The van der Waals surface area contributed by atoms with Gasteiger partial charge in [0.15, 0.2) is 0 Å². The molecule has 0 saturated heterocycles. The molecule has 0 aliphatic rings. The zero-order valence-corrected chi connectivity index (χ0v) is 11.7. The van der Waals surface area contributed by atoms with E-state index in [1.165, 1.54) is 0 Å². The summed E-state index contributed by atoms with van der Waals surface area (Å²) in [6.07, 6.45) is -0.0839. The molecule has 0 aromatic heterocycles. The number of nitrogens with two attached hydrogens (primary N) is 1. The molecule has 2 rings (SSSR count). The highest BCUT2D eigenvalue weighted by atomic mass is 35.5. The molecule has 2 aromatic carbocycles. The highest BCUT2D eigenvalue weighted by Gasteiger charge is 2.09. The molecule has 1 atom stereocenters. The average molecular weight is 280 g/mol. The molecule has 0 heterocycles. The maximum atomic E-state index is 6.17. The number of benzene rings is 2. The Morgan fingerprint density at radius 2 is 1.89 bits per heavy atom. The van der Waals surface area contributed by atoms with Crippen LogP contribution in [0.15, 0.2) is 36.4 Å². The van der Waals surface area contributed by atoms with Gasteiger partial charge in [0.05, 0.1) is 0 Å². The van der Waals surface area contributed by atoms with E-state index >= 15 is 0 Å². The highest BCUT2D eigenvalue weighted by Crippen LogP contribution is 2.31. The molecular weight excluding hydrogens is 262 g/mol. The van der Waals surface area contributed by atoms with Gasteiger partial charge in [0.25, 0.3) is 0 Å². The smallest absolute Gasteiger partial charge is 0.127 e. The summed E-state index contributed by atoms with van der Waals surface area (Å²) < 4.78 is 11.3. The lowest BCUT2D eigenvalue weighted by molar-refractivity contribution is 0.0341. The van der Waals surface area contributed by atoms with Crippen molar-refractivity contribution in [1.82, 2.24) is 0 Å². The minimum absolute atomic E-state index is 0.0839. The summed E-state index contributed by atoms with van der Waals surface area (Å²) in [5.74, 6) is 0.804. The van der Waals surface area contributed by atoms with Crippen LogP contribution in [-0.4, -0.2) is 25.9 Å². The Hall–Kier alpha value is -1.29. The van der Waals surface area contributed by atoms with E-state index < -0.39 is 0 Å². The summed E-state index contributed by atoms with van der Waals surface area (Å²) in [6.45, 7) is 3.46. The molecular formula is C15H18ClNO2. The van der Waals surface area contributed by atoms with Gasteiger partial charge in [-0.1, -0.05) is 35.9 Å². The van der Waals surface area contributed by atoms with Crippen LogP contribution in [0.5, 0.6) is 5.75 Å². The van der Waals surface area contributed by atoms with E-state index in [0.29, 0.717) is 19.8 Å². The minimum atomic E-state index is -0.0839. The van der Waals surface area contributed by atoms with Crippen LogP contribution in [0.4, 0.5) is 0 Å². The van der Waals surface area contributed by atoms with E-state index in [2.05, 4.69) is 0 Å². The molecule has 0 saturated carbocycles. The predicted octanol–water partition coefficient (Wildman–Crippen LogP) is 3.24. The molecule has 0 aliphatic carbocycles. The molecule has 2 aromatic rings. The highest BCUT2D eigenvalue weighted by molar-refractivity contribution is 6.35. The predicted molar refractivity (Wildman–Crippen MR) is 78.9 cm³/mol. The monoisotopic (exact) mass is 279 g/mol.